The van der Waals surface area contributed by atoms with Crippen LogP contribution < -0.4 is 5.76 Å². The zero-order valence-corrected chi connectivity index (χ0v) is 10.4. The summed E-state index contributed by atoms with van der Waals surface area (Å²) < 4.78 is 11.4. The van der Waals surface area contributed by atoms with Gasteiger partial charge in [-0.25, -0.2) is 4.79 Å². The number of rotatable bonds is 4. The van der Waals surface area contributed by atoms with Crippen LogP contribution in [0, 0.1) is 5.41 Å². The molecule has 2 aromatic heterocycles. The molecule has 1 N–H and O–H groups in total. The third-order valence-corrected chi connectivity index (χ3v) is 3.83. The van der Waals surface area contributed by atoms with Crippen LogP contribution in [0.1, 0.15) is 0 Å². The highest BCUT2D eigenvalue weighted by atomic mass is 32.1. The van der Waals surface area contributed by atoms with Crippen molar-refractivity contribution in [2.45, 2.75) is 6.54 Å². The van der Waals surface area contributed by atoms with Crippen molar-refractivity contribution in [3.05, 3.63) is 28.1 Å². The summed E-state index contributed by atoms with van der Waals surface area (Å²) in [5.74, 6) is -0.179. The van der Waals surface area contributed by atoms with Crippen LogP contribution in [0.4, 0.5) is 0 Å². The molecule has 6 nitrogen and oxygen atoms in total. The van der Waals surface area contributed by atoms with E-state index in [2.05, 4.69) is 5.10 Å². The Morgan fingerprint density at radius 2 is 2.39 bits per heavy atom. The number of thiophene rings is 1. The van der Waals surface area contributed by atoms with Crippen molar-refractivity contribution >= 4 is 11.3 Å². The van der Waals surface area contributed by atoms with Crippen LogP contribution >= 0.6 is 11.3 Å². The zero-order chi connectivity index (χ0) is 12.6. The molecular weight excluding hydrogens is 256 g/mol. The number of ether oxygens (including phenoxy) is 1. The smallest absolute Gasteiger partial charge is 0.396 e. The molecule has 0 aliphatic carbocycles. The number of hydrogen-bond donors (Lipinski definition) is 1. The fourth-order valence-corrected chi connectivity index (χ4v) is 2.49. The van der Waals surface area contributed by atoms with E-state index in [9.17, 15) is 9.90 Å². The summed E-state index contributed by atoms with van der Waals surface area (Å²) in [4.78, 5) is 12.5. The van der Waals surface area contributed by atoms with E-state index in [4.69, 9.17) is 9.15 Å². The van der Waals surface area contributed by atoms with Gasteiger partial charge in [-0.15, -0.1) is 16.4 Å². The average Bonchev–Trinajstić information content (AvgIpc) is 2.93. The van der Waals surface area contributed by atoms with Gasteiger partial charge in [0.1, 0.15) is 0 Å². The summed E-state index contributed by atoms with van der Waals surface area (Å²) in [7, 11) is 0. The number of nitrogens with zero attached hydrogens (tertiary/aromatic N) is 2. The molecule has 1 fully saturated rings. The van der Waals surface area contributed by atoms with E-state index in [-0.39, 0.29) is 6.61 Å². The molecule has 3 heterocycles. The molecule has 0 aromatic carbocycles. The lowest BCUT2D eigenvalue weighted by molar-refractivity contribution is -0.146. The standard InChI is InChI=1S/C11H12N2O4S/c14-5-11(6-16-7-11)4-13-10(15)17-9(12-13)8-2-1-3-18-8/h1-3,14H,4-7H2. The van der Waals surface area contributed by atoms with E-state index >= 15 is 0 Å². The van der Waals surface area contributed by atoms with Crippen molar-refractivity contribution in [3.8, 4) is 10.8 Å². The van der Waals surface area contributed by atoms with E-state index in [1.54, 1.807) is 0 Å². The molecule has 0 radical (unpaired) electrons. The Balaban J connectivity index is 1.87. The van der Waals surface area contributed by atoms with E-state index in [1.807, 2.05) is 17.5 Å². The summed E-state index contributed by atoms with van der Waals surface area (Å²) in [6.07, 6.45) is 0. The normalized spacial score (nSPS) is 17.6. The van der Waals surface area contributed by atoms with E-state index in [0.29, 0.717) is 25.6 Å². The Kier molecular flexibility index (Phi) is 2.81. The molecule has 0 amide bonds. The summed E-state index contributed by atoms with van der Waals surface area (Å²) in [5.41, 5.74) is -0.395. The quantitative estimate of drug-likeness (QED) is 0.877. The predicted octanol–water partition coefficient (Wildman–Crippen LogP) is 0.574. The van der Waals surface area contributed by atoms with Crippen molar-refractivity contribution < 1.29 is 14.3 Å². The second kappa shape index (κ2) is 4.34. The Hall–Kier alpha value is -1.44. The van der Waals surface area contributed by atoms with Gasteiger partial charge in [0.2, 0.25) is 0 Å². The minimum Gasteiger partial charge on any atom is -0.396 e. The highest BCUT2D eigenvalue weighted by Crippen LogP contribution is 2.28. The minimum absolute atomic E-state index is 0.0271. The summed E-state index contributed by atoms with van der Waals surface area (Å²) in [6.45, 7) is 1.17. The van der Waals surface area contributed by atoms with Gasteiger partial charge in [0.05, 0.1) is 36.7 Å². The summed E-state index contributed by atoms with van der Waals surface area (Å²) >= 11 is 1.46. The number of hydrogen-bond acceptors (Lipinski definition) is 6. The third-order valence-electron chi connectivity index (χ3n) is 2.98. The van der Waals surface area contributed by atoms with Gasteiger partial charge in [-0.3, -0.25) is 0 Å². The maximum atomic E-state index is 11.7. The van der Waals surface area contributed by atoms with Crippen LogP contribution in [0.5, 0.6) is 0 Å². The molecule has 0 atom stereocenters. The first kappa shape index (κ1) is 11.6. The molecule has 1 saturated heterocycles. The van der Waals surface area contributed by atoms with Crippen LogP contribution in [0.2, 0.25) is 0 Å². The Morgan fingerprint density at radius 3 is 2.94 bits per heavy atom. The van der Waals surface area contributed by atoms with E-state index in [0.717, 1.165) is 4.88 Å². The largest absolute Gasteiger partial charge is 0.437 e. The zero-order valence-electron chi connectivity index (χ0n) is 9.54. The second-order valence-corrected chi connectivity index (χ2v) is 5.41. The fourth-order valence-electron chi connectivity index (χ4n) is 1.85. The molecule has 0 bridgehead atoms. The summed E-state index contributed by atoms with van der Waals surface area (Å²) in [6, 6.07) is 3.71. The van der Waals surface area contributed by atoms with Gasteiger partial charge in [-0.1, -0.05) is 6.07 Å². The first-order valence-corrected chi connectivity index (χ1v) is 6.41. The molecule has 0 unspecified atom stereocenters. The molecule has 7 heteroatoms. The van der Waals surface area contributed by atoms with Crippen LogP contribution in [0.25, 0.3) is 10.8 Å². The van der Waals surface area contributed by atoms with Crippen molar-refractivity contribution in [2.24, 2.45) is 5.41 Å². The lowest BCUT2D eigenvalue weighted by Gasteiger charge is -2.39. The lowest BCUT2D eigenvalue weighted by atomic mass is 9.87. The maximum Gasteiger partial charge on any atom is 0.437 e. The highest BCUT2D eigenvalue weighted by Gasteiger charge is 2.39. The van der Waals surface area contributed by atoms with Crippen molar-refractivity contribution in [1.82, 2.24) is 9.78 Å². The SMILES string of the molecule is O=c1oc(-c2cccs2)nn1CC1(CO)COC1. The lowest BCUT2D eigenvalue weighted by Crippen LogP contribution is -2.50. The number of aliphatic hydroxyl groups is 1. The van der Waals surface area contributed by atoms with Crippen LogP contribution in [0.3, 0.4) is 0 Å². The Bertz CT molecular complexity index is 577. The van der Waals surface area contributed by atoms with Gasteiger partial charge >= 0.3 is 5.76 Å². The molecule has 0 saturated carbocycles. The molecule has 1 aliphatic rings. The van der Waals surface area contributed by atoms with Gasteiger partial charge in [-0.2, -0.15) is 4.68 Å². The third kappa shape index (κ3) is 1.90. The molecule has 1 aliphatic heterocycles. The van der Waals surface area contributed by atoms with Crippen molar-refractivity contribution in [3.63, 3.8) is 0 Å². The monoisotopic (exact) mass is 268 g/mol. The van der Waals surface area contributed by atoms with Gasteiger partial charge < -0.3 is 14.3 Å². The Morgan fingerprint density at radius 1 is 1.56 bits per heavy atom. The molecule has 3 rings (SSSR count). The van der Waals surface area contributed by atoms with Crippen LogP contribution in [-0.2, 0) is 11.3 Å². The van der Waals surface area contributed by atoms with E-state index in [1.165, 1.54) is 16.0 Å². The minimum atomic E-state index is -0.502. The van der Waals surface area contributed by atoms with E-state index < -0.39 is 11.2 Å². The maximum absolute atomic E-state index is 11.7. The fraction of sp³-hybridized carbons (Fsp3) is 0.455. The molecule has 0 spiro atoms. The second-order valence-electron chi connectivity index (χ2n) is 4.46. The van der Waals surface area contributed by atoms with Gasteiger partial charge in [-0.05, 0) is 11.4 Å². The number of aromatic nitrogens is 2. The topological polar surface area (TPSA) is 77.5 Å². The first-order chi connectivity index (χ1) is 8.72. The van der Waals surface area contributed by atoms with Gasteiger partial charge in [0.15, 0.2) is 0 Å². The number of aliphatic hydroxyl groups excluding tert-OH is 1. The Labute approximate surface area is 106 Å². The van der Waals surface area contributed by atoms with Gasteiger partial charge in [0, 0.05) is 0 Å². The first-order valence-electron chi connectivity index (χ1n) is 5.53. The van der Waals surface area contributed by atoms with Gasteiger partial charge in [0.25, 0.3) is 5.89 Å². The molecule has 96 valence electrons. The van der Waals surface area contributed by atoms with Crippen molar-refractivity contribution in [2.75, 3.05) is 19.8 Å². The van der Waals surface area contributed by atoms with Crippen LogP contribution in [-0.4, -0.2) is 34.7 Å². The molecule has 18 heavy (non-hydrogen) atoms. The molecule has 2 aromatic rings. The highest BCUT2D eigenvalue weighted by molar-refractivity contribution is 7.13. The average molecular weight is 268 g/mol. The predicted molar refractivity (Wildman–Crippen MR) is 64.4 cm³/mol. The van der Waals surface area contributed by atoms with Crippen molar-refractivity contribution in [1.29, 1.82) is 0 Å². The van der Waals surface area contributed by atoms with Crippen LogP contribution in [0.15, 0.2) is 26.7 Å². The molecular formula is C11H12N2O4S. The summed E-state index contributed by atoms with van der Waals surface area (Å²) in [5, 5.41) is 15.4.